The van der Waals surface area contributed by atoms with Crippen LogP contribution in [0.25, 0.3) is 0 Å². The number of benzene rings is 1. The second-order valence-corrected chi connectivity index (χ2v) is 4.99. The van der Waals surface area contributed by atoms with E-state index in [-0.39, 0.29) is 5.97 Å². The number of hydrogen-bond acceptors (Lipinski definition) is 3. The summed E-state index contributed by atoms with van der Waals surface area (Å²) in [5.74, 6) is 0.424. The van der Waals surface area contributed by atoms with Crippen LogP contribution < -0.4 is 5.32 Å². The molecule has 0 radical (unpaired) electrons. The second kappa shape index (κ2) is 7.88. The van der Waals surface area contributed by atoms with E-state index in [1.807, 2.05) is 18.2 Å². The van der Waals surface area contributed by atoms with E-state index in [0.717, 1.165) is 6.42 Å². The SMILES string of the molecule is CC(C)C[C@@H](C)NCCOC(=O)c1ccccc1. The topological polar surface area (TPSA) is 38.3 Å². The molecule has 0 amide bonds. The van der Waals surface area contributed by atoms with Gasteiger partial charge in [0.25, 0.3) is 0 Å². The van der Waals surface area contributed by atoms with Gasteiger partial charge in [-0.3, -0.25) is 0 Å². The Balaban J connectivity index is 2.17. The second-order valence-electron chi connectivity index (χ2n) is 4.99. The van der Waals surface area contributed by atoms with Gasteiger partial charge in [0.05, 0.1) is 5.56 Å². The fraction of sp³-hybridized carbons (Fsp3) is 0.533. The molecule has 0 aliphatic rings. The van der Waals surface area contributed by atoms with E-state index in [1.54, 1.807) is 12.1 Å². The van der Waals surface area contributed by atoms with Gasteiger partial charge < -0.3 is 10.1 Å². The summed E-state index contributed by atoms with van der Waals surface area (Å²) in [6, 6.07) is 9.53. The zero-order valence-electron chi connectivity index (χ0n) is 11.5. The van der Waals surface area contributed by atoms with Crippen molar-refractivity contribution < 1.29 is 9.53 Å². The molecule has 1 N–H and O–H groups in total. The molecule has 0 bridgehead atoms. The Kier molecular flexibility index (Phi) is 6.44. The van der Waals surface area contributed by atoms with Crippen LogP contribution in [0.1, 0.15) is 37.6 Å². The lowest BCUT2D eigenvalue weighted by atomic mass is 10.1. The molecular formula is C15H23NO2. The predicted molar refractivity (Wildman–Crippen MR) is 73.6 cm³/mol. The maximum Gasteiger partial charge on any atom is 0.338 e. The maximum atomic E-state index is 11.6. The van der Waals surface area contributed by atoms with Crippen LogP contribution in [0, 0.1) is 5.92 Å². The molecule has 0 heterocycles. The van der Waals surface area contributed by atoms with Crippen molar-refractivity contribution in [3.8, 4) is 0 Å². The molecule has 1 aromatic carbocycles. The van der Waals surface area contributed by atoms with Gasteiger partial charge in [-0.25, -0.2) is 4.79 Å². The Labute approximate surface area is 110 Å². The van der Waals surface area contributed by atoms with E-state index >= 15 is 0 Å². The van der Waals surface area contributed by atoms with Crippen molar-refractivity contribution in [2.24, 2.45) is 5.92 Å². The molecule has 100 valence electrons. The van der Waals surface area contributed by atoms with Crippen LogP contribution in [0.3, 0.4) is 0 Å². The summed E-state index contributed by atoms with van der Waals surface area (Å²) in [6.07, 6.45) is 1.13. The van der Waals surface area contributed by atoms with Crippen molar-refractivity contribution in [3.05, 3.63) is 35.9 Å². The summed E-state index contributed by atoms with van der Waals surface area (Å²) in [6.45, 7) is 7.67. The number of carbonyl (C=O) groups excluding carboxylic acids is 1. The van der Waals surface area contributed by atoms with Crippen molar-refractivity contribution in [1.29, 1.82) is 0 Å². The average Bonchev–Trinajstić information content (AvgIpc) is 2.34. The largest absolute Gasteiger partial charge is 0.461 e. The third-order valence-corrected chi connectivity index (χ3v) is 2.66. The maximum absolute atomic E-state index is 11.6. The third-order valence-electron chi connectivity index (χ3n) is 2.66. The molecule has 0 saturated heterocycles. The molecule has 3 nitrogen and oxygen atoms in total. The molecule has 18 heavy (non-hydrogen) atoms. The lowest BCUT2D eigenvalue weighted by Crippen LogP contribution is -2.31. The lowest BCUT2D eigenvalue weighted by molar-refractivity contribution is 0.0505. The van der Waals surface area contributed by atoms with Gasteiger partial charge in [-0.15, -0.1) is 0 Å². The Morgan fingerprint density at radius 1 is 1.22 bits per heavy atom. The highest BCUT2D eigenvalue weighted by Gasteiger charge is 2.07. The van der Waals surface area contributed by atoms with E-state index in [2.05, 4.69) is 26.1 Å². The smallest absolute Gasteiger partial charge is 0.338 e. The van der Waals surface area contributed by atoms with E-state index < -0.39 is 0 Å². The van der Waals surface area contributed by atoms with Gasteiger partial charge in [0.15, 0.2) is 0 Å². The van der Waals surface area contributed by atoms with Crippen molar-refractivity contribution in [3.63, 3.8) is 0 Å². The monoisotopic (exact) mass is 249 g/mol. The molecule has 3 heteroatoms. The molecule has 0 saturated carbocycles. The predicted octanol–water partition coefficient (Wildman–Crippen LogP) is 2.87. The van der Waals surface area contributed by atoms with Crippen LogP contribution in [-0.4, -0.2) is 25.2 Å². The van der Waals surface area contributed by atoms with Crippen LogP contribution in [0.15, 0.2) is 30.3 Å². The van der Waals surface area contributed by atoms with Gasteiger partial charge in [-0.1, -0.05) is 32.0 Å². The first-order chi connectivity index (χ1) is 8.59. The summed E-state index contributed by atoms with van der Waals surface area (Å²) in [5, 5.41) is 3.34. The quantitative estimate of drug-likeness (QED) is 0.596. The van der Waals surface area contributed by atoms with Crippen LogP contribution in [0.2, 0.25) is 0 Å². The molecule has 1 aromatic rings. The average molecular weight is 249 g/mol. The summed E-state index contributed by atoms with van der Waals surface area (Å²) < 4.78 is 5.18. The molecule has 1 atom stereocenters. The first kappa shape index (κ1) is 14.7. The Morgan fingerprint density at radius 2 is 1.89 bits per heavy atom. The van der Waals surface area contributed by atoms with E-state index in [1.165, 1.54) is 0 Å². The van der Waals surface area contributed by atoms with Crippen LogP contribution in [-0.2, 0) is 4.74 Å². The summed E-state index contributed by atoms with van der Waals surface area (Å²) >= 11 is 0. The van der Waals surface area contributed by atoms with E-state index in [9.17, 15) is 4.79 Å². The third kappa shape index (κ3) is 5.82. The summed E-state index contributed by atoms with van der Waals surface area (Å²) in [5.41, 5.74) is 0.604. The zero-order chi connectivity index (χ0) is 13.4. The fourth-order valence-corrected chi connectivity index (χ4v) is 1.90. The van der Waals surface area contributed by atoms with Gasteiger partial charge in [0.2, 0.25) is 0 Å². The van der Waals surface area contributed by atoms with Crippen LogP contribution in [0.5, 0.6) is 0 Å². The summed E-state index contributed by atoms with van der Waals surface area (Å²) in [4.78, 5) is 11.6. The highest BCUT2D eigenvalue weighted by Crippen LogP contribution is 2.03. The molecule has 1 rings (SSSR count). The number of nitrogens with one attached hydrogen (secondary N) is 1. The Bertz CT molecular complexity index is 349. The van der Waals surface area contributed by atoms with Crippen molar-refractivity contribution >= 4 is 5.97 Å². The first-order valence-corrected chi connectivity index (χ1v) is 6.55. The minimum absolute atomic E-state index is 0.256. The molecule has 0 aliphatic carbocycles. The van der Waals surface area contributed by atoms with Gasteiger partial charge in [-0.05, 0) is 31.4 Å². The lowest BCUT2D eigenvalue weighted by Gasteiger charge is -2.15. The van der Waals surface area contributed by atoms with Gasteiger partial charge in [-0.2, -0.15) is 0 Å². The number of hydrogen-bond donors (Lipinski definition) is 1. The highest BCUT2D eigenvalue weighted by atomic mass is 16.5. The summed E-state index contributed by atoms with van der Waals surface area (Å²) in [7, 11) is 0. The standard InChI is InChI=1S/C15H23NO2/c1-12(2)11-13(3)16-9-10-18-15(17)14-7-5-4-6-8-14/h4-8,12-13,16H,9-11H2,1-3H3/t13-/m1/s1. The molecule has 0 spiro atoms. The number of rotatable bonds is 7. The minimum atomic E-state index is -0.256. The minimum Gasteiger partial charge on any atom is -0.461 e. The van der Waals surface area contributed by atoms with Crippen molar-refractivity contribution in [1.82, 2.24) is 5.32 Å². The zero-order valence-corrected chi connectivity index (χ0v) is 11.5. The van der Waals surface area contributed by atoms with Gasteiger partial charge in [0.1, 0.15) is 6.61 Å². The van der Waals surface area contributed by atoms with Crippen LogP contribution >= 0.6 is 0 Å². The first-order valence-electron chi connectivity index (χ1n) is 6.55. The number of ether oxygens (including phenoxy) is 1. The number of esters is 1. The molecular weight excluding hydrogens is 226 g/mol. The molecule has 0 aliphatic heterocycles. The highest BCUT2D eigenvalue weighted by molar-refractivity contribution is 5.89. The normalized spacial score (nSPS) is 12.4. The van der Waals surface area contributed by atoms with E-state index in [4.69, 9.17) is 4.74 Å². The van der Waals surface area contributed by atoms with Gasteiger partial charge in [0, 0.05) is 12.6 Å². The molecule has 0 fully saturated rings. The molecule has 0 aromatic heterocycles. The number of carbonyl (C=O) groups is 1. The van der Waals surface area contributed by atoms with Crippen LogP contribution in [0.4, 0.5) is 0 Å². The molecule has 0 unspecified atom stereocenters. The van der Waals surface area contributed by atoms with E-state index in [0.29, 0.717) is 30.7 Å². The Morgan fingerprint density at radius 3 is 2.50 bits per heavy atom. The Hall–Kier alpha value is -1.35. The van der Waals surface area contributed by atoms with Gasteiger partial charge >= 0.3 is 5.97 Å². The van der Waals surface area contributed by atoms with Crippen molar-refractivity contribution in [2.45, 2.75) is 33.2 Å². The van der Waals surface area contributed by atoms with Crippen molar-refractivity contribution in [2.75, 3.05) is 13.2 Å². The fourth-order valence-electron chi connectivity index (χ4n) is 1.90.